The van der Waals surface area contributed by atoms with Crippen LogP contribution in [0.3, 0.4) is 0 Å². The first-order valence-corrected chi connectivity index (χ1v) is 9.69. The summed E-state index contributed by atoms with van der Waals surface area (Å²) in [6.45, 7) is 4.30. The number of nitrogens with zero attached hydrogens (tertiary/aromatic N) is 2. The summed E-state index contributed by atoms with van der Waals surface area (Å²) in [5.41, 5.74) is 9.59. The van der Waals surface area contributed by atoms with Crippen LogP contribution in [0.5, 0.6) is 5.75 Å². The van der Waals surface area contributed by atoms with Crippen molar-refractivity contribution in [2.45, 2.75) is 33.3 Å². The Morgan fingerprint density at radius 2 is 1.90 bits per heavy atom. The molecule has 3 aromatic rings. The summed E-state index contributed by atoms with van der Waals surface area (Å²) >= 11 is 0. The molecule has 2 aromatic heterocycles. The molecule has 7 nitrogen and oxygen atoms in total. The van der Waals surface area contributed by atoms with Crippen LogP contribution in [0.4, 0.5) is 5.69 Å². The lowest BCUT2D eigenvalue weighted by Crippen LogP contribution is -2.13. The van der Waals surface area contributed by atoms with E-state index in [4.69, 9.17) is 10.5 Å². The molecule has 154 valence electrons. The van der Waals surface area contributed by atoms with Crippen LogP contribution in [0, 0.1) is 6.92 Å². The molecule has 2 heterocycles. The first-order valence-electron chi connectivity index (χ1n) is 9.69. The van der Waals surface area contributed by atoms with Crippen LogP contribution in [0.25, 0.3) is 0 Å². The fourth-order valence-electron chi connectivity index (χ4n) is 2.86. The van der Waals surface area contributed by atoms with Crippen LogP contribution in [-0.4, -0.2) is 21.8 Å². The normalized spacial score (nSPS) is 10.5. The van der Waals surface area contributed by atoms with Crippen molar-refractivity contribution in [1.82, 2.24) is 9.97 Å². The van der Waals surface area contributed by atoms with Gasteiger partial charge in [0.1, 0.15) is 12.4 Å². The van der Waals surface area contributed by atoms with Crippen molar-refractivity contribution >= 4 is 17.5 Å². The van der Waals surface area contributed by atoms with Crippen molar-refractivity contribution in [2.75, 3.05) is 5.32 Å². The number of carbonyl (C=O) groups is 2. The minimum absolute atomic E-state index is 0.223. The predicted octanol–water partition coefficient (Wildman–Crippen LogP) is 3.67. The van der Waals surface area contributed by atoms with Gasteiger partial charge < -0.3 is 15.8 Å². The number of nitrogens with one attached hydrogen (secondary N) is 1. The Morgan fingerprint density at radius 3 is 2.60 bits per heavy atom. The van der Waals surface area contributed by atoms with E-state index < -0.39 is 5.91 Å². The molecule has 0 aliphatic heterocycles. The summed E-state index contributed by atoms with van der Waals surface area (Å²) < 4.78 is 5.75. The van der Waals surface area contributed by atoms with Crippen molar-refractivity contribution < 1.29 is 14.3 Å². The molecule has 0 spiro atoms. The maximum absolute atomic E-state index is 12.5. The summed E-state index contributed by atoms with van der Waals surface area (Å²) in [5, 5.41) is 2.89. The monoisotopic (exact) mass is 404 g/mol. The smallest absolute Gasteiger partial charge is 0.257 e. The Balaban J connectivity index is 1.68. The van der Waals surface area contributed by atoms with Gasteiger partial charge >= 0.3 is 0 Å². The first kappa shape index (κ1) is 21.0. The summed E-state index contributed by atoms with van der Waals surface area (Å²) in [6.07, 6.45) is 6.40. The number of primary amides is 1. The average Bonchev–Trinajstić information content (AvgIpc) is 2.75. The molecule has 0 atom stereocenters. The van der Waals surface area contributed by atoms with Gasteiger partial charge in [0.15, 0.2) is 0 Å². The molecule has 3 N–H and O–H groups in total. The van der Waals surface area contributed by atoms with Crippen LogP contribution >= 0.6 is 0 Å². The number of ether oxygens (including phenoxy) is 1. The number of anilines is 1. The van der Waals surface area contributed by atoms with Gasteiger partial charge in [-0.2, -0.15) is 0 Å². The zero-order chi connectivity index (χ0) is 21.5. The topological polar surface area (TPSA) is 107 Å². The number of carbonyl (C=O) groups excluding carboxylic acids is 2. The van der Waals surface area contributed by atoms with Crippen LogP contribution in [0.15, 0.2) is 55.0 Å². The predicted molar refractivity (Wildman–Crippen MR) is 114 cm³/mol. The maximum Gasteiger partial charge on any atom is 0.257 e. The van der Waals surface area contributed by atoms with Crippen molar-refractivity contribution in [1.29, 1.82) is 0 Å². The first-order chi connectivity index (χ1) is 14.5. The molecule has 0 radical (unpaired) electrons. The molecule has 0 aliphatic rings. The van der Waals surface area contributed by atoms with Gasteiger partial charge in [-0.1, -0.05) is 19.4 Å². The Hall–Kier alpha value is -3.74. The van der Waals surface area contributed by atoms with Crippen LogP contribution < -0.4 is 15.8 Å². The molecule has 0 aliphatic carbocycles. The number of aryl methyl sites for hydroxylation is 2. The number of amides is 2. The second kappa shape index (κ2) is 9.65. The molecule has 1 aromatic carbocycles. The molecule has 7 heteroatoms. The van der Waals surface area contributed by atoms with E-state index in [9.17, 15) is 9.59 Å². The number of pyridine rings is 2. The van der Waals surface area contributed by atoms with E-state index in [1.807, 2.05) is 31.2 Å². The third kappa shape index (κ3) is 5.41. The van der Waals surface area contributed by atoms with Gasteiger partial charge in [-0.25, -0.2) is 0 Å². The molecule has 0 saturated heterocycles. The number of hydrogen-bond acceptors (Lipinski definition) is 5. The van der Waals surface area contributed by atoms with E-state index in [1.165, 1.54) is 12.4 Å². The lowest BCUT2D eigenvalue weighted by atomic mass is 10.1. The zero-order valence-corrected chi connectivity index (χ0v) is 17.0. The quantitative estimate of drug-likeness (QED) is 0.596. The largest absolute Gasteiger partial charge is 0.487 e. The molecular weight excluding hydrogens is 380 g/mol. The fraction of sp³-hybridized carbons (Fsp3) is 0.217. The number of rotatable bonds is 8. The highest BCUT2D eigenvalue weighted by atomic mass is 16.5. The number of nitrogens with two attached hydrogens (primary N) is 1. The van der Waals surface area contributed by atoms with Gasteiger partial charge in [0.05, 0.1) is 17.3 Å². The Kier molecular flexibility index (Phi) is 6.75. The number of hydrogen-bond donors (Lipinski definition) is 2. The van der Waals surface area contributed by atoms with Crippen LogP contribution in [0.1, 0.15) is 50.9 Å². The standard InChI is InChI=1S/C23H24N4O3/c1-3-4-19-8-6-16(12-26-19)23(29)27-20-7-5-15(2)18(9-20)14-30-21-10-17(22(24)28)11-25-13-21/h5-13H,3-4,14H2,1-2H3,(H2,24,28)(H,27,29). The molecular formula is C23H24N4O3. The van der Waals surface area contributed by atoms with Crippen molar-refractivity contribution in [3.8, 4) is 5.75 Å². The van der Waals surface area contributed by atoms with Gasteiger partial charge in [-0.3, -0.25) is 19.6 Å². The minimum Gasteiger partial charge on any atom is -0.487 e. The van der Waals surface area contributed by atoms with Gasteiger partial charge in [0.2, 0.25) is 5.91 Å². The number of benzene rings is 1. The molecule has 0 unspecified atom stereocenters. The van der Waals surface area contributed by atoms with E-state index >= 15 is 0 Å². The Labute approximate surface area is 175 Å². The summed E-state index contributed by atoms with van der Waals surface area (Å²) in [7, 11) is 0. The second-order valence-corrected chi connectivity index (χ2v) is 6.95. The second-order valence-electron chi connectivity index (χ2n) is 6.95. The van der Waals surface area contributed by atoms with E-state index in [0.29, 0.717) is 17.0 Å². The highest BCUT2D eigenvalue weighted by Crippen LogP contribution is 2.19. The van der Waals surface area contributed by atoms with Gasteiger partial charge in [0.25, 0.3) is 5.91 Å². The highest BCUT2D eigenvalue weighted by molar-refractivity contribution is 6.04. The molecule has 0 bridgehead atoms. The van der Waals surface area contributed by atoms with E-state index in [-0.39, 0.29) is 18.1 Å². The number of aromatic nitrogens is 2. The third-order valence-electron chi connectivity index (χ3n) is 4.59. The van der Waals surface area contributed by atoms with E-state index in [2.05, 4.69) is 22.2 Å². The molecule has 3 rings (SSSR count). The van der Waals surface area contributed by atoms with Crippen molar-refractivity contribution in [3.05, 3.63) is 82.9 Å². The maximum atomic E-state index is 12.5. The van der Waals surface area contributed by atoms with Gasteiger partial charge in [-0.05, 0) is 54.8 Å². The molecule has 0 fully saturated rings. The zero-order valence-electron chi connectivity index (χ0n) is 17.0. The molecule has 0 saturated carbocycles. The van der Waals surface area contributed by atoms with E-state index in [1.54, 1.807) is 18.3 Å². The third-order valence-corrected chi connectivity index (χ3v) is 4.59. The summed E-state index contributed by atoms with van der Waals surface area (Å²) in [4.78, 5) is 32.1. The highest BCUT2D eigenvalue weighted by Gasteiger charge is 2.09. The molecule has 30 heavy (non-hydrogen) atoms. The van der Waals surface area contributed by atoms with Crippen LogP contribution in [-0.2, 0) is 13.0 Å². The average molecular weight is 404 g/mol. The summed E-state index contributed by atoms with van der Waals surface area (Å²) in [6, 6.07) is 10.8. The van der Waals surface area contributed by atoms with Crippen molar-refractivity contribution in [3.63, 3.8) is 0 Å². The lowest BCUT2D eigenvalue weighted by molar-refractivity contribution is 0.0996. The summed E-state index contributed by atoms with van der Waals surface area (Å²) in [5.74, 6) is -0.343. The van der Waals surface area contributed by atoms with Gasteiger partial charge in [0, 0.05) is 23.8 Å². The van der Waals surface area contributed by atoms with E-state index in [0.717, 1.165) is 29.7 Å². The Bertz CT molecular complexity index is 1050. The SMILES string of the molecule is CCCc1ccc(C(=O)Nc2ccc(C)c(COc3cncc(C(N)=O)c3)c2)cn1. The van der Waals surface area contributed by atoms with Crippen molar-refractivity contribution in [2.24, 2.45) is 5.73 Å². The van der Waals surface area contributed by atoms with Crippen LogP contribution in [0.2, 0.25) is 0 Å². The lowest BCUT2D eigenvalue weighted by Gasteiger charge is -2.12. The molecule has 2 amide bonds. The fourth-order valence-corrected chi connectivity index (χ4v) is 2.86. The Morgan fingerprint density at radius 1 is 1.07 bits per heavy atom. The minimum atomic E-state index is -0.564. The van der Waals surface area contributed by atoms with Gasteiger partial charge in [-0.15, -0.1) is 0 Å².